The molecule has 7 heavy (non-hydrogen) atoms. The van der Waals surface area contributed by atoms with Crippen molar-refractivity contribution in [3.05, 3.63) is 0 Å². The smallest absolute Gasteiger partial charge is 0 e. The van der Waals surface area contributed by atoms with E-state index in [9.17, 15) is 0 Å². The summed E-state index contributed by atoms with van der Waals surface area (Å²) in [5.41, 5.74) is 0. The van der Waals surface area contributed by atoms with Gasteiger partial charge < -0.3 is 5.48 Å². The first-order valence-electron chi connectivity index (χ1n) is 0.644. The summed E-state index contributed by atoms with van der Waals surface area (Å²) in [5.74, 6) is 0. The molecule has 0 saturated carbocycles. The van der Waals surface area contributed by atoms with Gasteiger partial charge in [-0.1, -0.05) is 0 Å². The molecule has 2 N–H and O–H groups in total. The van der Waals surface area contributed by atoms with E-state index < -0.39 is 9.29 Å². The Kier molecular flexibility index (Phi) is 415. The number of rotatable bonds is 0. The average molecular weight is 170 g/mol. The van der Waals surface area contributed by atoms with Crippen LogP contribution in [-0.2, 0) is 33.1 Å². The average Bonchev–Trinajstić information content (AvgIpc) is 1.46. The van der Waals surface area contributed by atoms with Crippen LogP contribution in [-0.4, -0.2) is 22.5 Å². The van der Waals surface area contributed by atoms with Crippen LogP contribution in [0.5, 0.6) is 0 Å². The quantitative estimate of drug-likeness (QED) is 0.396. The van der Waals surface area contributed by atoms with Crippen molar-refractivity contribution in [2.75, 3.05) is 0 Å². The monoisotopic (exact) mass is 169 g/mol. The van der Waals surface area contributed by atoms with E-state index in [-0.39, 0.29) is 25.0 Å². The van der Waals surface area contributed by atoms with Gasteiger partial charge in [-0.05, 0) is 0 Å². The van der Waals surface area contributed by atoms with Gasteiger partial charge in [0.2, 0.25) is 0 Å². The second kappa shape index (κ2) is 109. The Labute approximate surface area is 56.1 Å². The van der Waals surface area contributed by atoms with E-state index in [1.807, 2.05) is 0 Å². The van der Waals surface area contributed by atoms with Gasteiger partial charge in [0.05, 0.1) is 0 Å². The maximum Gasteiger partial charge on any atom is 0 e. The molecule has 0 atom stereocenters. The van der Waals surface area contributed by atoms with Crippen molar-refractivity contribution < 1.29 is 38.6 Å². The van der Waals surface area contributed by atoms with Crippen molar-refractivity contribution in [1.82, 2.24) is 0 Å². The van der Waals surface area contributed by atoms with E-state index in [0.29, 0.717) is 0 Å². The predicted octanol–water partition coefficient (Wildman–Crippen LogP) is -1.95. The van der Waals surface area contributed by atoms with Gasteiger partial charge in [-0.2, -0.15) is 0 Å². The van der Waals surface area contributed by atoms with Gasteiger partial charge in [-0.3, -0.25) is 8.92 Å². The van der Waals surface area contributed by atoms with Crippen LogP contribution in [0.3, 0.4) is 0 Å². The molecule has 0 saturated heterocycles. The van der Waals surface area contributed by atoms with Gasteiger partial charge in [-0.25, -0.2) is 0 Å². The minimum absolute atomic E-state index is 0. The fourth-order valence-corrected chi connectivity index (χ4v) is 0. The normalized spacial score (nSPS) is 1.57. The molecule has 0 aliphatic heterocycles. The molecule has 0 aromatic heterocycles. The van der Waals surface area contributed by atoms with Crippen LogP contribution >= 0.6 is 0 Å². The molecule has 0 heterocycles. The Morgan fingerprint density at radius 1 is 1.14 bits per heavy atom. The second-order valence-electron chi connectivity index (χ2n) is 0.0833. The summed E-state index contributed by atoms with van der Waals surface area (Å²) in [4.78, 5) is 0. The second-order valence-corrected chi connectivity index (χ2v) is 0.250. The van der Waals surface area contributed by atoms with E-state index in [4.69, 9.17) is 13.6 Å². The SMILES string of the molecule is O.O=[Si]=O.[B]=O.[Zn]. The van der Waals surface area contributed by atoms with Gasteiger partial charge in [0.15, 0.2) is 0 Å². The standard InChI is InChI=1S/BO.O2Si.H2O.Zn/c1-2;1-3-2;;/h;;1H2;. The molecule has 1 radical (unpaired) electrons. The zero-order valence-electron chi connectivity index (χ0n) is 3.51. The molecule has 0 spiro atoms. The van der Waals surface area contributed by atoms with Crippen LogP contribution < -0.4 is 0 Å². The number of hydrogen-bond donors (Lipinski definition) is 0. The van der Waals surface area contributed by atoms with Gasteiger partial charge in [0, 0.05) is 19.5 Å². The topological polar surface area (TPSA) is 82.7 Å². The molecular weight excluding hydrogens is 168 g/mol. The zero-order valence-corrected chi connectivity index (χ0v) is 7.48. The van der Waals surface area contributed by atoms with Crippen LogP contribution in [0.1, 0.15) is 0 Å². The van der Waals surface area contributed by atoms with Crippen molar-refractivity contribution in [3.63, 3.8) is 0 Å². The van der Waals surface area contributed by atoms with E-state index >= 15 is 0 Å². The predicted molar refractivity (Wildman–Crippen MR) is 17.2 cm³/mol. The largest absolute Gasteiger partial charge is 0 e. The first kappa shape index (κ1) is 26.7. The zero-order chi connectivity index (χ0) is 4.71. The van der Waals surface area contributed by atoms with E-state index in [2.05, 4.69) is 7.72 Å². The third-order valence-electron chi connectivity index (χ3n) is 0. The Balaban J connectivity index is -0.0000000105. The minimum atomic E-state index is -1.42. The van der Waals surface area contributed by atoms with Crippen molar-refractivity contribution in [3.8, 4) is 0 Å². The van der Waals surface area contributed by atoms with Crippen molar-refractivity contribution in [2.45, 2.75) is 0 Å². The fraction of sp³-hybridized carbons (Fsp3) is 0. The maximum absolute atomic E-state index is 8.40. The van der Waals surface area contributed by atoms with Gasteiger partial charge in [-0.15, -0.1) is 0 Å². The summed E-state index contributed by atoms with van der Waals surface area (Å²) in [6.45, 7) is 0. The van der Waals surface area contributed by atoms with Gasteiger partial charge >= 0.3 is 21.7 Å². The molecule has 0 amide bonds. The van der Waals surface area contributed by atoms with Crippen molar-refractivity contribution >= 4 is 17.0 Å². The Bertz CT molecular complexity index is 41.0. The van der Waals surface area contributed by atoms with Gasteiger partial charge in [0.25, 0.3) is 0 Å². The molecule has 0 unspecified atom stereocenters. The molecule has 4 nitrogen and oxygen atoms in total. The molecule has 0 aliphatic rings. The van der Waals surface area contributed by atoms with E-state index in [1.165, 1.54) is 0 Å². The van der Waals surface area contributed by atoms with Crippen molar-refractivity contribution in [2.24, 2.45) is 0 Å². The Morgan fingerprint density at radius 2 is 1.14 bits per heavy atom. The molecule has 0 aromatic carbocycles. The first-order valence-corrected chi connectivity index (χ1v) is 1.46. The fourth-order valence-electron chi connectivity index (χ4n) is 0. The van der Waals surface area contributed by atoms with Crippen molar-refractivity contribution in [1.29, 1.82) is 0 Å². The van der Waals surface area contributed by atoms with Crippen LogP contribution in [0, 0.1) is 0 Å². The van der Waals surface area contributed by atoms with E-state index in [1.54, 1.807) is 0 Å². The molecule has 0 aromatic rings. The molecule has 7 heteroatoms. The molecule has 35 valence electrons. The Morgan fingerprint density at radius 3 is 1.14 bits per heavy atom. The summed E-state index contributed by atoms with van der Waals surface area (Å²) in [6.07, 6.45) is 0. The van der Waals surface area contributed by atoms with Gasteiger partial charge in [0.1, 0.15) is 0 Å². The van der Waals surface area contributed by atoms with Crippen LogP contribution in [0.25, 0.3) is 0 Å². The summed E-state index contributed by atoms with van der Waals surface area (Å²) < 4.78 is 24.6. The van der Waals surface area contributed by atoms with Crippen LogP contribution in [0.15, 0.2) is 0 Å². The molecule has 0 aliphatic carbocycles. The van der Waals surface area contributed by atoms with E-state index in [0.717, 1.165) is 0 Å². The van der Waals surface area contributed by atoms with Crippen LogP contribution in [0.4, 0.5) is 0 Å². The Hall–Kier alpha value is 0.265. The minimum Gasteiger partial charge on any atom is 0 e. The third-order valence-corrected chi connectivity index (χ3v) is 0. The molecule has 0 rings (SSSR count). The summed E-state index contributed by atoms with van der Waals surface area (Å²) >= 11 is 0. The summed E-state index contributed by atoms with van der Waals surface area (Å²) in [5, 5.41) is 0. The number of hydrogen-bond acceptors (Lipinski definition) is 3. The summed E-state index contributed by atoms with van der Waals surface area (Å²) in [6, 6.07) is 0. The third kappa shape index (κ3) is 1620. The molecule has 0 bridgehead atoms. The first-order chi connectivity index (χ1) is 2.41. The summed E-state index contributed by atoms with van der Waals surface area (Å²) in [7, 11) is 1.83. The molecular formula is H2BO4SiZn. The maximum atomic E-state index is 8.40. The van der Waals surface area contributed by atoms with Crippen LogP contribution in [0.2, 0.25) is 0 Å². The molecule has 0 fully saturated rings.